The van der Waals surface area contributed by atoms with E-state index in [1.54, 1.807) is 0 Å². The van der Waals surface area contributed by atoms with E-state index >= 15 is 0 Å². The predicted octanol–water partition coefficient (Wildman–Crippen LogP) is 3.60. The molecule has 0 aromatic heterocycles. The van der Waals surface area contributed by atoms with Crippen molar-refractivity contribution in [3.8, 4) is 0 Å². The van der Waals surface area contributed by atoms with Gasteiger partial charge in [0.25, 0.3) is 0 Å². The third-order valence-corrected chi connectivity index (χ3v) is 3.05. The summed E-state index contributed by atoms with van der Waals surface area (Å²) in [7, 11) is 0. The second kappa shape index (κ2) is 6.10. The normalized spacial score (nSPS) is 16.1. The van der Waals surface area contributed by atoms with Gasteiger partial charge in [-0.15, -0.1) is 0 Å². The summed E-state index contributed by atoms with van der Waals surface area (Å²) in [5.74, 6) is -1.01. The molecule has 0 heterocycles. The van der Waals surface area contributed by atoms with Crippen LogP contribution in [-0.4, -0.2) is 12.6 Å². The van der Waals surface area contributed by atoms with Gasteiger partial charge in [-0.25, -0.2) is 8.78 Å². The van der Waals surface area contributed by atoms with Gasteiger partial charge in [-0.2, -0.15) is 0 Å². The van der Waals surface area contributed by atoms with Crippen molar-refractivity contribution in [1.29, 1.82) is 0 Å². The van der Waals surface area contributed by atoms with Crippen molar-refractivity contribution in [1.82, 2.24) is 5.32 Å². The minimum absolute atomic E-state index is 0.506. The van der Waals surface area contributed by atoms with E-state index < -0.39 is 11.6 Å². The molecular weight excluding hydrogens is 232 g/mol. The molecule has 1 N–H and O–H groups in total. The van der Waals surface area contributed by atoms with Crippen LogP contribution in [0.3, 0.4) is 0 Å². The molecule has 0 amide bonds. The van der Waals surface area contributed by atoms with E-state index in [4.69, 9.17) is 0 Å². The molecule has 18 heavy (non-hydrogen) atoms. The molecule has 0 atom stereocenters. The SMILES string of the molecule is C/C(=C/CCNC1CC1)Cc1cc(F)cc(F)c1. The lowest BCUT2D eigenvalue weighted by Crippen LogP contribution is -2.16. The van der Waals surface area contributed by atoms with Crippen molar-refractivity contribution in [2.75, 3.05) is 6.54 Å². The highest BCUT2D eigenvalue weighted by molar-refractivity contribution is 5.23. The molecule has 1 fully saturated rings. The summed E-state index contributed by atoms with van der Waals surface area (Å²) >= 11 is 0. The Morgan fingerprint density at radius 2 is 1.94 bits per heavy atom. The Kier molecular flexibility index (Phi) is 4.48. The van der Waals surface area contributed by atoms with Crippen LogP contribution in [-0.2, 0) is 6.42 Å². The number of halogens is 2. The molecule has 1 nitrogen and oxygen atoms in total. The summed E-state index contributed by atoms with van der Waals surface area (Å²) < 4.78 is 26.0. The Labute approximate surface area is 107 Å². The van der Waals surface area contributed by atoms with E-state index in [9.17, 15) is 8.78 Å². The topological polar surface area (TPSA) is 12.0 Å². The van der Waals surface area contributed by atoms with Crippen LogP contribution in [0.2, 0.25) is 0 Å². The molecule has 3 heteroatoms. The first-order valence-corrected chi connectivity index (χ1v) is 6.47. The summed E-state index contributed by atoms with van der Waals surface area (Å²) in [6.07, 6.45) is 6.31. The van der Waals surface area contributed by atoms with Crippen LogP contribution < -0.4 is 5.32 Å². The number of hydrogen-bond donors (Lipinski definition) is 1. The smallest absolute Gasteiger partial charge is 0.126 e. The molecular formula is C15H19F2N. The van der Waals surface area contributed by atoms with E-state index in [2.05, 4.69) is 11.4 Å². The first-order valence-electron chi connectivity index (χ1n) is 6.47. The zero-order valence-electron chi connectivity index (χ0n) is 10.7. The average molecular weight is 251 g/mol. The van der Waals surface area contributed by atoms with Crippen LogP contribution in [0.15, 0.2) is 29.8 Å². The van der Waals surface area contributed by atoms with Crippen LogP contribution in [0.1, 0.15) is 31.7 Å². The van der Waals surface area contributed by atoms with Crippen molar-refractivity contribution in [2.45, 2.75) is 38.6 Å². The fraction of sp³-hybridized carbons (Fsp3) is 0.467. The van der Waals surface area contributed by atoms with Gasteiger partial charge in [0, 0.05) is 12.1 Å². The average Bonchev–Trinajstić information content (AvgIpc) is 3.06. The summed E-state index contributed by atoms with van der Waals surface area (Å²) in [5, 5.41) is 3.43. The van der Waals surface area contributed by atoms with Gasteiger partial charge in [0.05, 0.1) is 0 Å². The predicted molar refractivity (Wildman–Crippen MR) is 69.5 cm³/mol. The summed E-state index contributed by atoms with van der Waals surface area (Å²) in [6, 6.07) is 4.42. The van der Waals surface area contributed by atoms with Crippen molar-refractivity contribution in [3.63, 3.8) is 0 Å². The van der Waals surface area contributed by atoms with Crippen LogP contribution in [0.5, 0.6) is 0 Å². The van der Waals surface area contributed by atoms with Gasteiger partial charge in [0.2, 0.25) is 0 Å². The molecule has 0 unspecified atom stereocenters. The lowest BCUT2D eigenvalue weighted by Gasteiger charge is -2.04. The lowest BCUT2D eigenvalue weighted by atomic mass is 10.1. The molecule has 98 valence electrons. The van der Waals surface area contributed by atoms with E-state index in [-0.39, 0.29) is 0 Å². The van der Waals surface area contributed by atoms with Gasteiger partial charge >= 0.3 is 0 Å². The van der Waals surface area contributed by atoms with Gasteiger partial charge in [-0.1, -0.05) is 11.6 Å². The standard InChI is InChI=1S/C15H19F2N/c1-11(3-2-6-18-15-4-5-15)7-12-8-13(16)10-14(17)9-12/h3,8-10,15,18H,2,4-7H2,1H3/b11-3-. The zero-order chi connectivity index (χ0) is 13.0. The minimum atomic E-state index is -0.506. The van der Waals surface area contributed by atoms with Gasteiger partial charge in [-0.3, -0.25) is 0 Å². The molecule has 0 aliphatic heterocycles. The van der Waals surface area contributed by atoms with E-state index in [1.165, 1.54) is 25.0 Å². The Balaban J connectivity index is 1.80. The van der Waals surface area contributed by atoms with Crippen molar-refractivity contribution in [2.24, 2.45) is 0 Å². The van der Waals surface area contributed by atoms with Crippen molar-refractivity contribution >= 4 is 0 Å². The number of benzene rings is 1. The number of hydrogen-bond acceptors (Lipinski definition) is 1. The highest BCUT2D eigenvalue weighted by Gasteiger charge is 2.19. The summed E-state index contributed by atoms with van der Waals surface area (Å²) in [5.41, 5.74) is 1.84. The lowest BCUT2D eigenvalue weighted by molar-refractivity contribution is 0.580. The third-order valence-electron chi connectivity index (χ3n) is 3.05. The third kappa shape index (κ3) is 4.57. The van der Waals surface area contributed by atoms with Crippen LogP contribution in [0.25, 0.3) is 0 Å². The van der Waals surface area contributed by atoms with Crippen LogP contribution >= 0.6 is 0 Å². The Morgan fingerprint density at radius 1 is 1.28 bits per heavy atom. The number of rotatable bonds is 6. The highest BCUT2D eigenvalue weighted by Crippen LogP contribution is 2.18. The van der Waals surface area contributed by atoms with Gasteiger partial charge in [0.15, 0.2) is 0 Å². The molecule has 0 saturated heterocycles. The van der Waals surface area contributed by atoms with Gasteiger partial charge < -0.3 is 5.32 Å². The maximum Gasteiger partial charge on any atom is 0.126 e. The van der Waals surface area contributed by atoms with Crippen molar-refractivity contribution < 1.29 is 8.78 Å². The second-order valence-electron chi connectivity index (χ2n) is 5.02. The molecule has 1 aliphatic rings. The van der Waals surface area contributed by atoms with Gasteiger partial charge in [0.1, 0.15) is 11.6 Å². The van der Waals surface area contributed by atoms with Gasteiger partial charge in [-0.05, 0) is 56.8 Å². The molecule has 1 saturated carbocycles. The molecule has 1 aromatic carbocycles. The van der Waals surface area contributed by atoms with E-state index in [0.29, 0.717) is 12.0 Å². The number of allylic oxidation sites excluding steroid dienone is 1. The van der Waals surface area contributed by atoms with E-state index in [0.717, 1.165) is 30.6 Å². The molecule has 0 spiro atoms. The fourth-order valence-corrected chi connectivity index (χ4v) is 2.00. The Bertz CT molecular complexity index is 416. The second-order valence-corrected chi connectivity index (χ2v) is 5.02. The van der Waals surface area contributed by atoms with Crippen LogP contribution in [0, 0.1) is 11.6 Å². The molecule has 0 bridgehead atoms. The molecule has 1 aliphatic carbocycles. The quantitative estimate of drug-likeness (QED) is 0.601. The molecule has 2 rings (SSSR count). The minimum Gasteiger partial charge on any atom is -0.314 e. The summed E-state index contributed by atoms with van der Waals surface area (Å²) in [4.78, 5) is 0. The largest absolute Gasteiger partial charge is 0.314 e. The summed E-state index contributed by atoms with van der Waals surface area (Å²) in [6.45, 7) is 2.99. The number of nitrogens with one attached hydrogen (secondary N) is 1. The first kappa shape index (κ1) is 13.2. The maximum absolute atomic E-state index is 13.0. The maximum atomic E-state index is 13.0. The first-order chi connectivity index (χ1) is 8.63. The Hall–Kier alpha value is -1.22. The van der Waals surface area contributed by atoms with E-state index in [1.807, 2.05) is 6.92 Å². The van der Waals surface area contributed by atoms with Crippen molar-refractivity contribution in [3.05, 3.63) is 47.0 Å². The Morgan fingerprint density at radius 3 is 2.56 bits per heavy atom. The van der Waals surface area contributed by atoms with Crippen LogP contribution in [0.4, 0.5) is 8.78 Å². The fourth-order valence-electron chi connectivity index (χ4n) is 2.00. The highest BCUT2D eigenvalue weighted by atomic mass is 19.1. The molecule has 0 radical (unpaired) electrons. The molecule has 1 aromatic rings. The monoisotopic (exact) mass is 251 g/mol. The zero-order valence-corrected chi connectivity index (χ0v) is 10.7.